The van der Waals surface area contributed by atoms with Gasteiger partial charge < -0.3 is 15.2 Å². The summed E-state index contributed by atoms with van der Waals surface area (Å²) in [5.41, 5.74) is 5.48. The average Bonchev–Trinajstić information content (AvgIpc) is 2.17. The molecule has 0 radical (unpaired) electrons. The summed E-state index contributed by atoms with van der Waals surface area (Å²) in [5, 5.41) is 0. The Bertz CT molecular complexity index is 94.9. The van der Waals surface area contributed by atoms with E-state index in [0.717, 1.165) is 19.4 Å². The molecule has 3 heteroatoms. The Kier molecular flexibility index (Phi) is 9.87. The monoisotopic (exact) mass is 189 g/mol. The van der Waals surface area contributed by atoms with Gasteiger partial charge in [0.05, 0.1) is 19.3 Å². The average molecular weight is 189 g/mol. The fourth-order valence-electron chi connectivity index (χ4n) is 0.975. The molecule has 1 atom stereocenters. The summed E-state index contributed by atoms with van der Waals surface area (Å²) in [6.45, 7) is 7.04. The van der Waals surface area contributed by atoms with Crippen molar-refractivity contribution in [3.63, 3.8) is 0 Å². The Morgan fingerprint density at radius 3 is 2.46 bits per heavy atom. The second-order valence-corrected chi connectivity index (χ2v) is 3.10. The molecule has 0 aromatic heterocycles. The Labute approximate surface area is 81.6 Å². The second kappa shape index (κ2) is 9.96. The zero-order valence-corrected chi connectivity index (χ0v) is 8.92. The number of unbranched alkanes of at least 4 members (excludes halogenated alkanes) is 1. The molecule has 1 unspecified atom stereocenters. The van der Waals surface area contributed by atoms with Gasteiger partial charge in [0.25, 0.3) is 0 Å². The van der Waals surface area contributed by atoms with Crippen LogP contribution in [0.5, 0.6) is 0 Å². The summed E-state index contributed by atoms with van der Waals surface area (Å²) in [4.78, 5) is 0. The highest BCUT2D eigenvalue weighted by Gasteiger charge is 2.01. The lowest BCUT2D eigenvalue weighted by atomic mass is 10.3. The molecular formula is C10H23NO2. The van der Waals surface area contributed by atoms with Gasteiger partial charge in [-0.2, -0.15) is 0 Å². The molecule has 80 valence electrons. The highest BCUT2D eigenvalue weighted by atomic mass is 16.5. The number of rotatable bonds is 9. The zero-order valence-electron chi connectivity index (χ0n) is 8.92. The Balaban J connectivity index is 3.05. The van der Waals surface area contributed by atoms with E-state index < -0.39 is 0 Å². The maximum atomic E-state index is 5.48. The topological polar surface area (TPSA) is 44.5 Å². The lowest BCUT2D eigenvalue weighted by molar-refractivity contribution is 0.00664. The Morgan fingerprint density at radius 1 is 1.15 bits per heavy atom. The fourth-order valence-corrected chi connectivity index (χ4v) is 0.975. The molecule has 0 fully saturated rings. The molecule has 0 amide bonds. The second-order valence-electron chi connectivity index (χ2n) is 3.10. The lowest BCUT2D eigenvalue weighted by Gasteiger charge is -2.13. The van der Waals surface area contributed by atoms with Crippen molar-refractivity contribution in [2.75, 3.05) is 26.4 Å². The normalized spacial score (nSPS) is 13.2. The summed E-state index contributed by atoms with van der Waals surface area (Å²) in [7, 11) is 0. The van der Waals surface area contributed by atoms with Gasteiger partial charge >= 0.3 is 0 Å². The minimum Gasteiger partial charge on any atom is -0.379 e. The molecule has 0 saturated carbocycles. The molecule has 0 aromatic carbocycles. The first-order chi connectivity index (χ1) is 6.35. The van der Waals surface area contributed by atoms with E-state index in [1.807, 2.05) is 0 Å². The van der Waals surface area contributed by atoms with Crippen LogP contribution in [0.4, 0.5) is 0 Å². The van der Waals surface area contributed by atoms with Crippen molar-refractivity contribution < 1.29 is 9.47 Å². The zero-order chi connectivity index (χ0) is 9.94. The maximum absolute atomic E-state index is 5.48. The number of hydrogen-bond donors (Lipinski definition) is 1. The minimum atomic E-state index is 0.203. The van der Waals surface area contributed by atoms with E-state index >= 15 is 0 Å². The van der Waals surface area contributed by atoms with Crippen molar-refractivity contribution in [3.8, 4) is 0 Å². The van der Waals surface area contributed by atoms with Crippen molar-refractivity contribution in [1.29, 1.82) is 0 Å². The standard InChI is InChI=1S/C10H23NO2/c1-3-5-6-12-7-8-13-10(4-2)9-11/h10H,3-9,11H2,1-2H3. The third-order valence-corrected chi connectivity index (χ3v) is 1.94. The van der Waals surface area contributed by atoms with E-state index in [-0.39, 0.29) is 6.10 Å². The first-order valence-corrected chi connectivity index (χ1v) is 5.24. The first-order valence-electron chi connectivity index (χ1n) is 5.24. The quantitative estimate of drug-likeness (QED) is 0.560. The molecular weight excluding hydrogens is 166 g/mol. The molecule has 13 heavy (non-hydrogen) atoms. The van der Waals surface area contributed by atoms with Gasteiger partial charge in [0.1, 0.15) is 0 Å². The molecule has 0 aliphatic carbocycles. The molecule has 2 N–H and O–H groups in total. The highest BCUT2D eigenvalue weighted by Crippen LogP contribution is 1.95. The lowest BCUT2D eigenvalue weighted by Crippen LogP contribution is -2.24. The van der Waals surface area contributed by atoms with Gasteiger partial charge in [-0.1, -0.05) is 20.3 Å². The van der Waals surface area contributed by atoms with Crippen LogP contribution >= 0.6 is 0 Å². The molecule has 0 saturated heterocycles. The summed E-state index contributed by atoms with van der Waals surface area (Å²) < 4.78 is 10.8. The fraction of sp³-hybridized carbons (Fsp3) is 1.00. The van der Waals surface area contributed by atoms with E-state index in [2.05, 4.69) is 13.8 Å². The molecule has 0 aromatic rings. The van der Waals surface area contributed by atoms with Crippen molar-refractivity contribution in [3.05, 3.63) is 0 Å². The highest BCUT2D eigenvalue weighted by molar-refractivity contribution is 4.54. The summed E-state index contributed by atoms with van der Waals surface area (Å²) >= 11 is 0. The largest absolute Gasteiger partial charge is 0.379 e. The van der Waals surface area contributed by atoms with Crippen LogP contribution in [0, 0.1) is 0 Å². The molecule has 0 aliphatic heterocycles. The predicted molar refractivity (Wildman–Crippen MR) is 54.8 cm³/mol. The molecule has 0 bridgehead atoms. The summed E-state index contributed by atoms with van der Waals surface area (Å²) in [5.74, 6) is 0. The van der Waals surface area contributed by atoms with Crippen LogP contribution < -0.4 is 5.73 Å². The van der Waals surface area contributed by atoms with E-state index in [9.17, 15) is 0 Å². The van der Waals surface area contributed by atoms with Crippen molar-refractivity contribution in [1.82, 2.24) is 0 Å². The van der Waals surface area contributed by atoms with Gasteiger partial charge in [0, 0.05) is 13.2 Å². The van der Waals surface area contributed by atoms with Gasteiger partial charge in [0.2, 0.25) is 0 Å². The van der Waals surface area contributed by atoms with E-state index in [1.165, 1.54) is 6.42 Å². The molecule has 0 rings (SSSR count). The minimum absolute atomic E-state index is 0.203. The Hall–Kier alpha value is -0.120. The molecule has 0 spiro atoms. The van der Waals surface area contributed by atoms with Crippen LogP contribution in [0.2, 0.25) is 0 Å². The van der Waals surface area contributed by atoms with Crippen LogP contribution in [0.25, 0.3) is 0 Å². The van der Waals surface area contributed by atoms with E-state index in [4.69, 9.17) is 15.2 Å². The Morgan fingerprint density at radius 2 is 1.92 bits per heavy atom. The van der Waals surface area contributed by atoms with Crippen molar-refractivity contribution >= 4 is 0 Å². The maximum Gasteiger partial charge on any atom is 0.0704 e. The number of hydrogen-bond acceptors (Lipinski definition) is 3. The SMILES string of the molecule is CCCCOCCOC(CC)CN. The van der Waals surface area contributed by atoms with Crippen LogP contribution in [0.15, 0.2) is 0 Å². The van der Waals surface area contributed by atoms with Gasteiger partial charge in [-0.15, -0.1) is 0 Å². The number of nitrogens with two attached hydrogens (primary N) is 1. The third kappa shape index (κ3) is 8.22. The molecule has 0 aliphatic rings. The van der Waals surface area contributed by atoms with Crippen molar-refractivity contribution in [2.24, 2.45) is 5.73 Å². The third-order valence-electron chi connectivity index (χ3n) is 1.94. The molecule has 0 heterocycles. The van der Waals surface area contributed by atoms with Gasteiger partial charge in [-0.25, -0.2) is 0 Å². The first kappa shape index (κ1) is 12.9. The van der Waals surface area contributed by atoms with Crippen LogP contribution in [0.3, 0.4) is 0 Å². The van der Waals surface area contributed by atoms with E-state index in [0.29, 0.717) is 19.8 Å². The predicted octanol–water partition coefficient (Wildman–Crippen LogP) is 1.56. The van der Waals surface area contributed by atoms with Crippen LogP contribution in [-0.4, -0.2) is 32.5 Å². The van der Waals surface area contributed by atoms with Crippen LogP contribution in [0.1, 0.15) is 33.1 Å². The van der Waals surface area contributed by atoms with Crippen molar-refractivity contribution in [2.45, 2.75) is 39.2 Å². The number of ether oxygens (including phenoxy) is 2. The smallest absolute Gasteiger partial charge is 0.0704 e. The van der Waals surface area contributed by atoms with Gasteiger partial charge in [0.15, 0.2) is 0 Å². The summed E-state index contributed by atoms with van der Waals surface area (Å²) in [6.07, 6.45) is 3.50. The molecule has 3 nitrogen and oxygen atoms in total. The summed E-state index contributed by atoms with van der Waals surface area (Å²) in [6, 6.07) is 0. The van der Waals surface area contributed by atoms with Crippen LogP contribution in [-0.2, 0) is 9.47 Å². The van der Waals surface area contributed by atoms with Gasteiger partial charge in [-0.05, 0) is 12.8 Å². The van der Waals surface area contributed by atoms with Gasteiger partial charge in [-0.3, -0.25) is 0 Å². The van der Waals surface area contributed by atoms with E-state index in [1.54, 1.807) is 0 Å².